The predicted octanol–water partition coefficient (Wildman–Crippen LogP) is 1.59. The van der Waals surface area contributed by atoms with Gasteiger partial charge in [-0.3, -0.25) is 4.79 Å². The lowest BCUT2D eigenvalue weighted by Crippen LogP contribution is -2.45. The Labute approximate surface area is 102 Å². The van der Waals surface area contributed by atoms with Crippen LogP contribution in [0.25, 0.3) is 0 Å². The van der Waals surface area contributed by atoms with Crippen LogP contribution in [0.3, 0.4) is 0 Å². The van der Waals surface area contributed by atoms with Crippen molar-refractivity contribution in [1.82, 2.24) is 10.6 Å². The number of carbonyl (C=O) groups excluding carboxylic acids is 1. The molecule has 1 aromatic carbocycles. The Kier molecular flexibility index (Phi) is 3.86. The smallest absolute Gasteiger partial charge is 0.254 e. The largest absolute Gasteiger partial charge is 0.348 e. The molecule has 3 nitrogen and oxygen atoms in total. The van der Waals surface area contributed by atoms with E-state index < -0.39 is 28.9 Å². The van der Waals surface area contributed by atoms with Crippen LogP contribution < -0.4 is 10.6 Å². The number of amides is 1. The first-order valence-corrected chi connectivity index (χ1v) is 5.74. The van der Waals surface area contributed by atoms with Crippen LogP contribution >= 0.6 is 0 Å². The number of benzene rings is 1. The van der Waals surface area contributed by atoms with E-state index in [1.807, 2.05) is 0 Å². The number of hydrogen-bond acceptors (Lipinski definition) is 2. The second-order valence-electron chi connectivity index (χ2n) is 4.24. The van der Waals surface area contributed by atoms with Crippen LogP contribution in [0, 0.1) is 17.5 Å². The number of nitrogens with one attached hydrogen (secondary N) is 2. The molecule has 1 amide bonds. The minimum Gasteiger partial charge on any atom is -0.348 e. The van der Waals surface area contributed by atoms with Crippen molar-refractivity contribution in [3.8, 4) is 0 Å². The number of hydrogen-bond donors (Lipinski definition) is 2. The van der Waals surface area contributed by atoms with Crippen molar-refractivity contribution in [1.29, 1.82) is 0 Å². The Morgan fingerprint density at radius 2 is 2.06 bits per heavy atom. The van der Waals surface area contributed by atoms with Gasteiger partial charge < -0.3 is 10.6 Å². The molecule has 2 N–H and O–H groups in total. The van der Waals surface area contributed by atoms with Gasteiger partial charge in [-0.25, -0.2) is 13.2 Å². The van der Waals surface area contributed by atoms with Gasteiger partial charge in [0.15, 0.2) is 17.5 Å². The Morgan fingerprint density at radius 1 is 1.28 bits per heavy atom. The third kappa shape index (κ3) is 2.64. The van der Waals surface area contributed by atoms with E-state index in [0.717, 1.165) is 31.5 Å². The van der Waals surface area contributed by atoms with Gasteiger partial charge in [-0.05, 0) is 31.5 Å². The van der Waals surface area contributed by atoms with Crippen LogP contribution in [0.15, 0.2) is 12.1 Å². The first-order valence-electron chi connectivity index (χ1n) is 5.74. The first-order chi connectivity index (χ1) is 8.59. The molecule has 0 saturated carbocycles. The molecular weight excluding hydrogens is 245 g/mol. The standard InChI is InChI=1S/C12H13F3N2O/c13-9-4-3-8(10(14)11(9)15)12(18)17-7-2-1-5-16-6-7/h3-4,7,16H,1-2,5-6H2,(H,17,18). The average molecular weight is 258 g/mol. The van der Waals surface area contributed by atoms with E-state index >= 15 is 0 Å². The van der Waals surface area contributed by atoms with E-state index in [1.165, 1.54) is 0 Å². The summed E-state index contributed by atoms with van der Waals surface area (Å²) >= 11 is 0. The summed E-state index contributed by atoms with van der Waals surface area (Å²) in [5.41, 5.74) is -0.473. The monoisotopic (exact) mass is 258 g/mol. The average Bonchev–Trinajstić information content (AvgIpc) is 2.37. The fourth-order valence-electron chi connectivity index (χ4n) is 1.94. The molecule has 1 aliphatic heterocycles. The SMILES string of the molecule is O=C(NC1CCCNC1)c1ccc(F)c(F)c1F. The second-order valence-corrected chi connectivity index (χ2v) is 4.24. The van der Waals surface area contributed by atoms with Crippen molar-refractivity contribution < 1.29 is 18.0 Å². The number of carbonyl (C=O) groups is 1. The highest BCUT2D eigenvalue weighted by Gasteiger charge is 2.21. The van der Waals surface area contributed by atoms with Gasteiger partial charge in [-0.15, -0.1) is 0 Å². The van der Waals surface area contributed by atoms with Crippen LogP contribution in [-0.4, -0.2) is 25.0 Å². The zero-order valence-corrected chi connectivity index (χ0v) is 9.60. The molecule has 0 spiro atoms. The third-order valence-electron chi connectivity index (χ3n) is 2.91. The lowest BCUT2D eigenvalue weighted by Gasteiger charge is -2.23. The maximum absolute atomic E-state index is 13.4. The molecule has 1 fully saturated rings. The number of halogens is 3. The fourth-order valence-corrected chi connectivity index (χ4v) is 1.94. The molecule has 0 radical (unpaired) electrons. The van der Waals surface area contributed by atoms with Crippen molar-refractivity contribution in [2.75, 3.05) is 13.1 Å². The molecule has 1 heterocycles. The molecule has 0 aliphatic carbocycles. The molecule has 1 aliphatic rings. The van der Waals surface area contributed by atoms with E-state index in [0.29, 0.717) is 6.54 Å². The minimum absolute atomic E-state index is 0.112. The molecule has 1 atom stereocenters. The molecule has 1 saturated heterocycles. The van der Waals surface area contributed by atoms with Gasteiger partial charge in [0.25, 0.3) is 5.91 Å². The summed E-state index contributed by atoms with van der Waals surface area (Å²) in [4.78, 5) is 11.7. The quantitative estimate of drug-likeness (QED) is 0.791. The van der Waals surface area contributed by atoms with Crippen molar-refractivity contribution in [2.45, 2.75) is 18.9 Å². The summed E-state index contributed by atoms with van der Waals surface area (Å²) < 4.78 is 39.1. The summed E-state index contributed by atoms with van der Waals surface area (Å²) in [7, 11) is 0. The highest BCUT2D eigenvalue weighted by Crippen LogP contribution is 2.15. The van der Waals surface area contributed by atoms with E-state index in [9.17, 15) is 18.0 Å². The van der Waals surface area contributed by atoms with Gasteiger partial charge in [0.05, 0.1) is 5.56 Å². The zero-order valence-electron chi connectivity index (χ0n) is 9.60. The van der Waals surface area contributed by atoms with Gasteiger partial charge in [0, 0.05) is 12.6 Å². The van der Waals surface area contributed by atoms with Crippen molar-refractivity contribution in [3.63, 3.8) is 0 Å². The lowest BCUT2D eigenvalue weighted by molar-refractivity contribution is 0.0925. The zero-order chi connectivity index (χ0) is 13.1. The highest BCUT2D eigenvalue weighted by molar-refractivity contribution is 5.94. The van der Waals surface area contributed by atoms with Gasteiger partial charge in [0.2, 0.25) is 0 Å². The third-order valence-corrected chi connectivity index (χ3v) is 2.91. The Hall–Kier alpha value is -1.56. The molecule has 1 unspecified atom stereocenters. The van der Waals surface area contributed by atoms with Crippen LogP contribution in [0.1, 0.15) is 23.2 Å². The van der Waals surface area contributed by atoms with E-state index in [2.05, 4.69) is 10.6 Å². The molecule has 1 aromatic rings. The Morgan fingerprint density at radius 3 is 2.72 bits per heavy atom. The summed E-state index contributed by atoms with van der Waals surface area (Å²) in [6, 6.07) is 1.57. The van der Waals surface area contributed by atoms with Crippen LogP contribution in [0.4, 0.5) is 13.2 Å². The highest BCUT2D eigenvalue weighted by atomic mass is 19.2. The van der Waals surface area contributed by atoms with Crippen LogP contribution in [0.5, 0.6) is 0 Å². The van der Waals surface area contributed by atoms with Crippen LogP contribution in [-0.2, 0) is 0 Å². The lowest BCUT2D eigenvalue weighted by atomic mass is 10.1. The second kappa shape index (κ2) is 5.39. The normalized spacial score (nSPS) is 19.6. The molecule has 0 aromatic heterocycles. The number of rotatable bonds is 2. The van der Waals surface area contributed by atoms with Gasteiger partial charge in [-0.1, -0.05) is 0 Å². The summed E-state index contributed by atoms with van der Waals surface area (Å²) in [5.74, 6) is -5.09. The summed E-state index contributed by atoms with van der Waals surface area (Å²) in [5, 5.41) is 5.68. The molecule has 2 rings (SSSR count). The Balaban J connectivity index is 2.11. The first kappa shape index (κ1) is 12.9. The van der Waals surface area contributed by atoms with Gasteiger partial charge in [-0.2, -0.15) is 0 Å². The minimum atomic E-state index is -1.62. The van der Waals surface area contributed by atoms with Crippen molar-refractivity contribution in [3.05, 3.63) is 35.1 Å². The van der Waals surface area contributed by atoms with E-state index in [1.54, 1.807) is 0 Å². The molecule has 18 heavy (non-hydrogen) atoms. The Bertz CT molecular complexity index is 459. The fraction of sp³-hybridized carbons (Fsp3) is 0.417. The van der Waals surface area contributed by atoms with E-state index in [4.69, 9.17) is 0 Å². The summed E-state index contributed by atoms with van der Waals surface area (Å²) in [6.45, 7) is 1.48. The predicted molar refractivity (Wildman–Crippen MR) is 59.7 cm³/mol. The van der Waals surface area contributed by atoms with Gasteiger partial charge >= 0.3 is 0 Å². The molecular formula is C12H13F3N2O. The topological polar surface area (TPSA) is 41.1 Å². The summed E-state index contributed by atoms with van der Waals surface area (Å²) in [6.07, 6.45) is 1.69. The van der Waals surface area contributed by atoms with Gasteiger partial charge in [0.1, 0.15) is 0 Å². The maximum Gasteiger partial charge on any atom is 0.254 e. The molecule has 98 valence electrons. The van der Waals surface area contributed by atoms with E-state index in [-0.39, 0.29) is 6.04 Å². The van der Waals surface area contributed by atoms with Crippen LogP contribution in [0.2, 0.25) is 0 Å². The number of piperidine rings is 1. The van der Waals surface area contributed by atoms with Crippen molar-refractivity contribution >= 4 is 5.91 Å². The maximum atomic E-state index is 13.4. The molecule has 6 heteroatoms. The molecule has 0 bridgehead atoms. The van der Waals surface area contributed by atoms with Crippen molar-refractivity contribution in [2.24, 2.45) is 0 Å².